The van der Waals surface area contributed by atoms with Crippen molar-refractivity contribution >= 4 is 11.6 Å². The van der Waals surface area contributed by atoms with E-state index in [4.69, 9.17) is 16.3 Å². The largest absolute Gasteiger partial charge is 0.476 e. The third-order valence-electron chi connectivity index (χ3n) is 3.80. The van der Waals surface area contributed by atoms with E-state index in [0.717, 1.165) is 6.07 Å². The lowest BCUT2D eigenvalue weighted by Gasteiger charge is -2.39. The van der Waals surface area contributed by atoms with Crippen molar-refractivity contribution < 1.29 is 17.9 Å². The second kappa shape index (κ2) is 6.94. The monoisotopic (exact) mass is 357 g/mol. The van der Waals surface area contributed by atoms with E-state index in [1.807, 2.05) is 4.90 Å². The average molecular weight is 358 g/mol. The summed E-state index contributed by atoms with van der Waals surface area (Å²) >= 11 is 5.72. The molecule has 128 valence electrons. The summed E-state index contributed by atoms with van der Waals surface area (Å²) < 4.78 is 44.4. The highest BCUT2D eigenvalue weighted by Gasteiger charge is 2.35. The molecule has 0 atom stereocenters. The van der Waals surface area contributed by atoms with Crippen LogP contribution in [0.3, 0.4) is 0 Å². The van der Waals surface area contributed by atoms with E-state index in [-0.39, 0.29) is 17.6 Å². The summed E-state index contributed by atoms with van der Waals surface area (Å²) in [4.78, 5) is 9.80. The molecule has 1 aromatic carbocycles. The van der Waals surface area contributed by atoms with Gasteiger partial charge in [-0.1, -0.05) is 29.8 Å². The van der Waals surface area contributed by atoms with Crippen LogP contribution in [-0.4, -0.2) is 34.6 Å². The van der Waals surface area contributed by atoms with Gasteiger partial charge in [-0.3, -0.25) is 9.88 Å². The number of rotatable bonds is 5. The summed E-state index contributed by atoms with van der Waals surface area (Å²) in [6.45, 7) is 2.08. The first-order valence-corrected chi connectivity index (χ1v) is 7.77. The van der Waals surface area contributed by atoms with Crippen LogP contribution >= 0.6 is 11.6 Å². The fourth-order valence-electron chi connectivity index (χ4n) is 2.69. The molecule has 1 saturated heterocycles. The molecule has 0 radical (unpaired) electrons. The molecule has 0 amide bonds. The van der Waals surface area contributed by atoms with Crippen molar-refractivity contribution in [1.29, 1.82) is 0 Å². The van der Waals surface area contributed by atoms with Gasteiger partial charge in [-0.2, -0.15) is 18.2 Å². The predicted molar refractivity (Wildman–Crippen MR) is 82.7 cm³/mol. The Morgan fingerprint density at radius 2 is 1.96 bits per heavy atom. The fourth-order valence-corrected chi connectivity index (χ4v) is 2.82. The molecule has 3 rings (SSSR count). The van der Waals surface area contributed by atoms with E-state index in [1.54, 1.807) is 6.07 Å². The number of hydrogen-bond acceptors (Lipinski definition) is 4. The maximum Gasteiger partial charge on any atom is 0.416 e. The van der Waals surface area contributed by atoms with Crippen molar-refractivity contribution in [2.75, 3.05) is 19.7 Å². The standard InChI is InChI=1S/C16H15ClF3N3O/c17-14-5-21-6-15(22-14)24-10-11-7-23(8-11)9-12-3-1-2-4-13(12)16(18,19)20/h1-6,11H,7-10H2. The molecule has 0 N–H and O–H groups in total. The highest BCUT2D eigenvalue weighted by Crippen LogP contribution is 2.33. The van der Waals surface area contributed by atoms with Crippen LogP contribution < -0.4 is 4.74 Å². The van der Waals surface area contributed by atoms with Crippen molar-refractivity contribution in [1.82, 2.24) is 14.9 Å². The van der Waals surface area contributed by atoms with Gasteiger partial charge in [0.25, 0.3) is 0 Å². The summed E-state index contributed by atoms with van der Waals surface area (Å²) in [6.07, 6.45) is -1.44. The van der Waals surface area contributed by atoms with Gasteiger partial charge in [-0.05, 0) is 11.6 Å². The molecule has 1 aromatic heterocycles. The quantitative estimate of drug-likeness (QED) is 0.818. The van der Waals surface area contributed by atoms with Gasteiger partial charge in [-0.25, -0.2) is 0 Å². The third kappa shape index (κ3) is 4.15. The summed E-state index contributed by atoms with van der Waals surface area (Å²) in [7, 11) is 0. The summed E-state index contributed by atoms with van der Waals surface area (Å²) in [5.41, 5.74) is -0.274. The first-order valence-electron chi connectivity index (χ1n) is 7.39. The molecule has 1 fully saturated rings. The van der Waals surface area contributed by atoms with E-state index in [1.165, 1.54) is 24.5 Å². The molecule has 1 aliphatic heterocycles. The number of benzene rings is 1. The van der Waals surface area contributed by atoms with Crippen LogP contribution in [0.25, 0.3) is 0 Å². The van der Waals surface area contributed by atoms with E-state index < -0.39 is 11.7 Å². The number of ether oxygens (including phenoxy) is 1. The van der Waals surface area contributed by atoms with Crippen LogP contribution in [0.5, 0.6) is 5.88 Å². The molecular formula is C16H15ClF3N3O. The second-order valence-corrected chi connectivity index (χ2v) is 6.09. The number of likely N-dealkylation sites (tertiary alicyclic amines) is 1. The van der Waals surface area contributed by atoms with Crippen molar-refractivity contribution in [2.45, 2.75) is 12.7 Å². The SMILES string of the molecule is FC(F)(F)c1ccccc1CN1CC(COc2cncc(Cl)n2)C1. The fraction of sp³-hybridized carbons (Fsp3) is 0.375. The molecular weight excluding hydrogens is 343 g/mol. The van der Waals surface area contributed by atoms with Crippen molar-refractivity contribution in [3.05, 3.63) is 52.9 Å². The van der Waals surface area contributed by atoms with E-state index in [2.05, 4.69) is 9.97 Å². The van der Waals surface area contributed by atoms with Crippen molar-refractivity contribution in [2.24, 2.45) is 5.92 Å². The lowest BCUT2D eigenvalue weighted by Crippen LogP contribution is -2.48. The van der Waals surface area contributed by atoms with Crippen LogP contribution in [0, 0.1) is 5.92 Å². The molecule has 8 heteroatoms. The van der Waals surface area contributed by atoms with Gasteiger partial charge in [0.1, 0.15) is 0 Å². The number of nitrogens with zero attached hydrogens (tertiary/aromatic N) is 3. The number of halogens is 4. The minimum Gasteiger partial charge on any atom is -0.476 e. The normalized spacial score (nSPS) is 16.0. The van der Waals surface area contributed by atoms with E-state index in [9.17, 15) is 13.2 Å². The van der Waals surface area contributed by atoms with Gasteiger partial charge < -0.3 is 4.74 Å². The third-order valence-corrected chi connectivity index (χ3v) is 3.98. The van der Waals surface area contributed by atoms with Gasteiger partial charge in [0.2, 0.25) is 5.88 Å². The first kappa shape index (κ1) is 17.0. The Morgan fingerprint density at radius 3 is 2.67 bits per heavy atom. The Morgan fingerprint density at radius 1 is 1.21 bits per heavy atom. The Balaban J connectivity index is 1.49. The molecule has 0 saturated carbocycles. The predicted octanol–water partition coefficient (Wildman–Crippen LogP) is 3.66. The Bertz CT molecular complexity index is 705. The van der Waals surface area contributed by atoms with Crippen molar-refractivity contribution in [3.63, 3.8) is 0 Å². The van der Waals surface area contributed by atoms with Crippen LogP contribution in [0.1, 0.15) is 11.1 Å². The number of alkyl halides is 3. The molecule has 0 bridgehead atoms. The Kier molecular flexibility index (Phi) is 4.91. The highest BCUT2D eigenvalue weighted by molar-refractivity contribution is 6.29. The zero-order chi connectivity index (χ0) is 17.2. The van der Waals surface area contributed by atoms with E-state index in [0.29, 0.717) is 31.1 Å². The van der Waals surface area contributed by atoms with E-state index >= 15 is 0 Å². The maximum atomic E-state index is 13.0. The topological polar surface area (TPSA) is 38.2 Å². The molecule has 2 aromatic rings. The average Bonchev–Trinajstić information content (AvgIpc) is 2.49. The second-order valence-electron chi connectivity index (χ2n) is 5.71. The molecule has 0 spiro atoms. The molecule has 1 aliphatic rings. The van der Waals surface area contributed by atoms with Gasteiger partial charge in [0, 0.05) is 25.6 Å². The van der Waals surface area contributed by atoms with Gasteiger partial charge >= 0.3 is 6.18 Å². The van der Waals surface area contributed by atoms with Gasteiger partial charge in [0.05, 0.1) is 24.6 Å². The zero-order valence-corrected chi connectivity index (χ0v) is 13.4. The highest BCUT2D eigenvalue weighted by atomic mass is 35.5. The zero-order valence-electron chi connectivity index (χ0n) is 12.6. The summed E-state index contributed by atoms with van der Waals surface area (Å²) in [6, 6.07) is 5.68. The molecule has 4 nitrogen and oxygen atoms in total. The Hall–Kier alpha value is -1.86. The van der Waals surface area contributed by atoms with Crippen LogP contribution in [0.15, 0.2) is 36.7 Å². The molecule has 2 heterocycles. The van der Waals surface area contributed by atoms with Crippen LogP contribution in [-0.2, 0) is 12.7 Å². The number of aromatic nitrogens is 2. The number of hydrogen-bond donors (Lipinski definition) is 0. The molecule has 0 aliphatic carbocycles. The smallest absolute Gasteiger partial charge is 0.416 e. The first-order chi connectivity index (χ1) is 11.4. The van der Waals surface area contributed by atoms with Crippen LogP contribution in [0.2, 0.25) is 5.15 Å². The Labute approximate surface area is 142 Å². The summed E-state index contributed by atoms with van der Waals surface area (Å²) in [5, 5.41) is 0.256. The minimum absolute atomic E-state index is 0.254. The molecule has 24 heavy (non-hydrogen) atoms. The van der Waals surface area contributed by atoms with Crippen molar-refractivity contribution in [3.8, 4) is 5.88 Å². The maximum absolute atomic E-state index is 13.0. The van der Waals surface area contributed by atoms with Gasteiger partial charge in [-0.15, -0.1) is 0 Å². The lowest BCUT2D eigenvalue weighted by atomic mass is 9.98. The minimum atomic E-state index is -4.32. The summed E-state index contributed by atoms with van der Waals surface area (Å²) in [5.74, 6) is 0.604. The molecule has 0 unspecified atom stereocenters. The van der Waals surface area contributed by atoms with Crippen LogP contribution in [0.4, 0.5) is 13.2 Å². The van der Waals surface area contributed by atoms with Gasteiger partial charge in [0.15, 0.2) is 5.15 Å². The lowest BCUT2D eigenvalue weighted by molar-refractivity contribution is -0.138.